The third-order valence-electron chi connectivity index (χ3n) is 5.17. The lowest BCUT2D eigenvalue weighted by Gasteiger charge is -2.36. The van der Waals surface area contributed by atoms with Crippen LogP contribution in [0.15, 0.2) is 53.3 Å². The molecule has 6 nitrogen and oxygen atoms in total. The average Bonchev–Trinajstić information content (AvgIpc) is 2.72. The lowest BCUT2D eigenvalue weighted by molar-refractivity contribution is -0.132. The van der Waals surface area contributed by atoms with Gasteiger partial charge < -0.3 is 9.80 Å². The fraction of sp³-hybridized carbons (Fsp3) is 0.286. The van der Waals surface area contributed by atoms with Gasteiger partial charge in [0.1, 0.15) is 18.2 Å². The van der Waals surface area contributed by atoms with Crippen LogP contribution in [0.2, 0.25) is 0 Å². The summed E-state index contributed by atoms with van der Waals surface area (Å²) in [5.41, 5.74) is 1.39. The fourth-order valence-corrected chi connectivity index (χ4v) is 3.57. The van der Waals surface area contributed by atoms with E-state index >= 15 is 0 Å². The van der Waals surface area contributed by atoms with Crippen molar-refractivity contribution < 1.29 is 9.18 Å². The Morgan fingerprint density at radius 3 is 2.43 bits per heavy atom. The minimum Gasteiger partial charge on any atom is -0.368 e. The number of benzene rings is 2. The molecular formula is C21H21FN4O2. The molecule has 1 amide bonds. The van der Waals surface area contributed by atoms with E-state index in [1.54, 1.807) is 42.2 Å². The molecule has 0 saturated carbocycles. The second kappa shape index (κ2) is 7.42. The fourth-order valence-electron chi connectivity index (χ4n) is 3.57. The third-order valence-corrected chi connectivity index (χ3v) is 5.17. The van der Waals surface area contributed by atoms with E-state index < -0.39 is 0 Å². The molecule has 0 radical (unpaired) electrons. The summed E-state index contributed by atoms with van der Waals surface area (Å²) in [6.45, 7) is 4.19. The molecule has 1 aliphatic heterocycles. The number of rotatable bonds is 3. The van der Waals surface area contributed by atoms with Crippen LogP contribution in [0.5, 0.6) is 0 Å². The molecule has 0 atom stereocenters. The number of aromatic nitrogens is 2. The molecule has 0 spiro atoms. The summed E-state index contributed by atoms with van der Waals surface area (Å²) in [6.07, 6.45) is 0. The van der Waals surface area contributed by atoms with Gasteiger partial charge in [-0.2, -0.15) is 0 Å². The molecule has 144 valence electrons. The Kier molecular flexibility index (Phi) is 4.81. The number of amides is 1. The maximum atomic E-state index is 13.1. The van der Waals surface area contributed by atoms with E-state index in [4.69, 9.17) is 0 Å². The van der Waals surface area contributed by atoms with Crippen molar-refractivity contribution in [3.8, 4) is 0 Å². The molecule has 2 aromatic carbocycles. The van der Waals surface area contributed by atoms with E-state index in [-0.39, 0.29) is 23.8 Å². The van der Waals surface area contributed by atoms with Gasteiger partial charge in [-0.05, 0) is 43.3 Å². The number of carbonyl (C=O) groups excluding carboxylic acids is 1. The molecule has 0 N–H and O–H groups in total. The van der Waals surface area contributed by atoms with E-state index in [1.807, 2.05) is 6.07 Å². The second-order valence-electron chi connectivity index (χ2n) is 6.91. The molecule has 0 unspecified atom stereocenters. The predicted molar refractivity (Wildman–Crippen MR) is 106 cm³/mol. The number of piperazine rings is 1. The first-order valence-corrected chi connectivity index (χ1v) is 9.27. The van der Waals surface area contributed by atoms with Crippen molar-refractivity contribution in [2.45, 2.75) is 13.5 Å². The maximum absolute atomic E-state index is 13.1. The normalized spacial score (nSPS) is 14.5. The van der Waals surface area contributed by atoms with Crippen molar-refractivity contribution in [3.63, 3.8) is 0 Å². The number of para-hydroxylation sites is 1. The molecule has 1 fully saturated rings. The molecule has 0 bridgehead atoms. The smallest absolute Gasteiger partial charge is 0.261 e. The van der Waals surface area contributed by atoms with Gasteiger partial charge in [0.2, 0.25) is 5.91 Å². The highest BCUT2D eigenvalue weighted by atomic mass is 19.1. The number of fused-ring (bicyclic) bond motifs is 1. The first-order valence-electron chi connectivity index (χ1n) is 9.27. The van der Waals surface area contributed by atoms with E-state index in [2.05, 4.69) is 9.88 Å². The molecule has 3 aromatic rings. The van der Waals surface area contributed by atoms with E-state index in [9.17, 15) is 14.0 Å². The van der Waals surface area contributed by atoms with E-state index in [0.717, 1.165) is 5.69 Å². The van der Waals surface area contributed by atoms with Gasteiger partial charge in [0.05, 0.1) is 10.9 Å². The molecule has 7 heteroatoms. The summed E-state index contributed by atoms with van der Waals surface area (Å²) in [5, 5.41) is 0.516. The Labute approximate surface area is 161 Å². The highest BCUT2D eigenvalue weighted by Gasteiger charge is 2.22. The van der Waals surface area contributed by atoms with Crippen LogP contribution in [0.25, 0.3) is 10.9 Å². The van der Waals surface area contributed by atoms with Crippen LogP contribution in [0.3, 0.4) is 0 Å². The Bertz CT molecular complexity index is 1070. The van der Waals surface area contributed by atoms with Gasteiger partial charge in [-0.1, -0.05) is 12.1 Å². The molecule has 2 heterocycles. The van der Waals surface area contributed by atoms with Crippen molar-refractivity contribution in [1.82, 2.24) is 14.5 Å². The van der Waals surface area contributed by atoms with Crippen LogP contribution < -0.4 is 10.5 Å². The van der Waals surface area contributed by atoms with E-state index in [0.29, 0.717) is 42.9 Å². The SMILES string of the molecule is Cc1nc2ccccc2c(=O)n1CC(=O)N1CCN(c2ccc(F)cc2)CC1. The van der Waals surface area contributed by atoms with Crippen LogP contribution in [0, 0.1) is 12.7 Å². The van der Waals surface area contributed by atoms with Gasteiger partial charge in [0.15, 0.2) is 0 Å². The summed E-state index contributed by atoms with van der Waals surface area (Å²) in [7, 11) is 0. The van der Waals surface area contributed by atoms with Gasteiger partial charge in [-0.25, -0.2) is 9.37 Å². The number of aryl methyl sites for hydroxylation is 1. The van der Waals surface area contributed by atoms with Crippen LogP contribution in [-0.2, 0) is 11.3 Å². The number of hydrogen-bond acceptors (Lipinski definition) is 4. The molecular weight excluding hydrogens is 359 g/mol. The lowest BCUT2D eigenvalue weighted by Crippen LogP contribution is -2.50. The summed E-state index contributed by atoms with van der Waals surface area (Å²) in [5.74, 6) is 0.172. The minimum atomic E-state index is -0.262. The van der Waals surface area contributed by atoms with Crippen molar-refractivity contribution in [2.24, 2.45) is 0 Å². The largest absolute Gasteiger partial charge is 0.368 e. The number of hydrogen-bond donors (Lipinski definition) is 0. The zero-order valence-corrected chi connectivity index (χ0v) is 15.6. The molecule has 1 saturated heterocycles. The monoisotopic (exact) mass is 380 g/mol. The van der Waals surface area contributed by atoms with Crippen molar-refractivity contribution in [3.05, 3.63) is 70.5 Å². The Morgan fingerprint density at radius 2 is 1.71 bits per heavy atom. The molecule has 1 aliphatic rings. The number of anilines is 1. The molecule has 28 heavy (non-hydrogen) atoms. The lowest BCUT2D eigenvalue weighted by atomic mass is 10.2. The van der Waals surface area contributed by atoms with E-state index in [1.165, 1.54) is 16.7 Å². The average molecular weight is 380 g/mol. The summed E-state index contributed by atoms with van der Waals surface area (Å²) in [6, 6.07) is 13.5. The van der Waals surface area contributed by atoms with Crippen LogP contribution >= 0.6 is 0 Å². The number of carbonyl (C=O) groups is 1. The highest BCUT2D eigenvalue weighted by molar-refractivity contribution is 5.79. The summed E-state index contributed by atoms with van der Waals surface area (Å²) >= 11 is 0. The summed E-state index contributed by atoms with van der Waals surface area (Å²) < 4.78 is 14.5. The quantitative estimate of drug-likeness (QED) is 0.699. The van der Waals surface area contributed by atoms with Gasteiger partial charge in [0.25, 0.3) is 5.56 Å². The first-order chi connectivity index (χ1) is 13.5. The van der Waals surface area contributed by atoms with Crippen molar-refractivity contribution in [2.75, 3.05) is 31.1 Å². The minimum absolute atomic E-state index is 0.0148. The highest BCUT2D eigenvalue weighted by Crippen LogP contribution is 2.17. The zero-order chi connectivity index (χ0) is 19.7. The number of halogens is 1. The van der Waals surface area contributed by atoms with Gasteiger partial charge in [-0.15, -0.1) is 0 Å². The van der Waals surface area contributed by atoms with Crippen molar-refractivity contribution >= 4 is 22.5 Å². The van der Waals surface area contributed by atoms with Gasteiger partial charge in [-0.3, -0.25) is 14.2 Å². The van der Waals surface area contributed by atoms with Crippen LogP contribution in [-0.4, -0.2) is 46.5 Å². The molecule has 0 aliphatic carbocycles. The maximum Gasteiger partial charge on any atom is 0.261 e. The van der Waals surface area contributed by atoms with Gasteiger partial charge in [0, 0.05) is 31.9 Å². The Morgan fingerprint density at radius 1 is 1.04 bits per heavy atom. The van der Waals surface area contributed by atoms with Crippen LogP contribution in [0.4, 0.5) is 10.1 Å². The Balaban J connectivity index is 1.46. The Hall–Kier alpha value is -3.22. The van der Waals surface area contributed by atoms with Crippen LogP contribution in [0.1, 0.15) is 5.82 Å². The van der Waals surface area contributed by atoms with Gasteiger partial charge >= 0.3 is 0 Å². The third kappa shape index (κ3) is 3.47. The number of nitrogens with zero attached hydrogens (tertiary/aromatic N) is 4. The standard InChI is InChI=1S/C21H21FN4O2/c1-15-23-19-5-3-2-4-18(19)21(28)26(15)14-20(27)25-12-10-24(11-13-25)17-8-6-16(22)7-9-17/h2-9H,10-14H2,1H3. The predicted octanol–water partition coefficient (Wildman–Crippen LogP) is 2.19. The summed E-state index contributed by atoms with van der Waals surface area (Å²) in [4.78, 5) is 33.8. The first kappa shape index (κ1) is 18.2. The molecule has 1 aromatic heterocycles. The topological polar surface area (TPSA) is 58.4 Å². The van der Waals surface area contributed by atoms with Crippen molar-refractivity contribution in [1.29, 1.82) is 0 Å². The second-order valence-corrected chi connectivity index (χ2v) is 6.91. The zero-order valence-electron chi connectivity index (χ0n) is 15.6. The molecule has 4 rings (SSSR count).